The number of rotatable bonds is 4. The molecular formula is C20H21Cl2F6N3O. The summed E-state index contributed by atoms with van der Waals surface area (Å²) in [5.74, 6) is -0.171. The molecule has 1 aromatic carbocycles. The third kappa shape index (κ3) is 7.25. The minimum Gasteiger partial charge on any atom is -0.352 e. The second kappa shape index (κ2) is 11.2. The Balaban J connectivity index is 0.00000256. The lowest BCUT2D eigenvalue weighted by Gasteiger charge is -2.22. The lowest BCUT2D eigenvalue weighted by Crippen LogP contribution is -2.36. The molecule has 2 N–H and O–H groups in total. The van der Waals surface area contributed by atoms with E-state index in [1.54, 1.807) is 0 Å². The smallest absolute Gasteiger partial charge is 0.352 e. The average molecular weight is 504 g/mol. The number of piperidine rings is 1. The van der Waals surface area contributed by atoms with E-state index in [4.69, 9.17) is 0 Å². The largest absolute Gasteiger partial charge is 0.416 e. The second-order valence-electron chi connectivity index (χ2n) is 7.16. The standard InChI is InChI=1S/C20H19F6N3O.2ClH/c21-19(22,23)16-6-13(7-17(8-16)20(24,25)26)14-5-15(11-28-10-14)18(30)29-9-12-1-3-27-4-2-12;;/h5-8,10-12,27H,1-4,9H2,(H,29,30);2*1H. The Morgan fingerprint density at radius 2 is 1.47 bits per heavy atom. The maximum atomic E-state index is 13.1. The molecule has 0 aliphatic carbocycles. The number of aromatic nitrogens is 1. The summed E-state index contributed by atoms with van der Waals surface area (Å²) in [5, 5.41) is 5.96. The lowest BCUT2D eigenvalue weighted by molar-refractivity contribution is -0.143. The molecule has 0 unspecified atom stereocenters. The van der Waals surface area contributed by atoms with Gasteiger partial charge in [-0.15, -0.1) is 24.8 Å². The molecule has 0 radical (unpaired) electrons. The van der Waals surface area contributed by atoms with Gasteiger partial charge in [0.1, 0.15) is 0 Å². The molecule has 12 heteroatoms. The summed E-state index contributed by atoms with van der Waals surface area (Å²) in [7, 11) is 0. The topological polar surface area (TPSA) is 54.0 Å². The molecule has 178 valence electrons. The van der Waals surface area contributed by atoms with Crippen LogP contribution in [0.4, 0.5) is 26.3 Å². The van der Waals surface area contributed by atoms with Crippen molar-refractivity contribution in [3.63, 3.8) is 0 Å². The van der Waals surface area contributed by atoms with Crippen LogP contribution in [0.2, 0.25) is 0 Å². The summed E-state index contributed by atoms with van der Waals surface area (Å²) >= 11 is 0. The van der Waals surface area contributed by atoms with Gasteiger partial charge in [0, 0.05) is 24.5 Å². The van der Waals surface area contributed by atoms with Gasteiger partial charge in [0.25, 0.3) is 5.91 Å². The average Bonchev–Trinajstić information content (AvgIpc) is 2.71. The van der Waals surface area contributed by atoms with Crippen molar-refractivity contribution in [1.82, 2.24) is 15.6 Å². The number of carbonyl (C=O) groups is 1. The van der Waals surface area contributed by atoms with Crippen molar-refractivity contribution < 1.29 is 31.1 Å². The molecule has 1 saturated heterocycles. The monoisotopic (exact) mass is 503 g/mol. The summed E-state index contributed by atoms with van der Waals surface area (Å²) in [4.78, 5) is 16.2. The van der Waals surface area contributed by atoms with Crippen molar-refractivity contribution >= 4 is 30.7 Å². The maximum Gasteiger partial charge on any atom is 0.416 e. The number of nitrogens with zero attached hydrogens (tertiary/aromatic N) is 1. The number of hydrogen-bond donors (Lipinski definition) is 2. The molecule has 0 atom stereocenters. The number of carbonyl (C=O) groups excluding carboxylic acids is 1. The fraction of sp³-hybridized carbons (Fsp3) is 0.400. The Kier molecular flexibility index (Phi) is 9.80. The first kappa shape index (κ1) is 28.0. The van der Waals surface area contributed by atoms with Crippen LogP contribution in [0.3, 0.4) is 0 Å². The zero-order chi connectivity index (χ0) is 21.9. The molecule has 4 nitrogen and oxygen atoms in total. The Bertz CT molecular complexity index is 883. The molecule has 2 heterocycles. The van der Waals surface area contributed by atoms with Crippen molar-refractivity contribution in [2.45, 2.75) is 25.2 Å². The summed E-state index contributed by atoms with van der Waals surface area (Å²) in [6, 6.07) is 2.53. The molecule has 0 saturated carbocycles. The Morgan fingerprint density at radius 1 is 0.906 bits per heavy atom. The van der Waals surface area contributed by atoms with Crippen LogP contribution < -0.4 is 10.6 Å². The van der Waals surface area contributed by atoms with E-state index in [0.717, 1.165) is 32.1 Å². The molecule has 1 aliphatic heterocycles. The molecule has 0 spiro atoms. The third-order valence-electron chi connectivity index (χ3n) is 4.93. The molecule has 0 bridgehead atoms. The van der Waals surface area contributed by atoms with Crippen LogP contribution in [0.5, 0.6) is 0 Å². The Hall–Kier alpha value is -2.04. The van der Waals surface area contributed by atoms with Crippen LogP contribution in [0, 0.1) is 5.92 Å². The van der Waals surface area contributed by atoms with E-state index >= 15 is 0 Å². The van der Waals surface area contributed by atoms with Crippen molar-refractivity contribution in [2.24, 2.45) is 5.92 Å². The fourth-order valence-electron chi connectivity index (χ4n) is 3.27. The Labute approximate surface area is 193 Å². The molecule has 1 aromatic heterocycles. The van der Waals surface area contributed by atoms with Crippen LogP contribution in [-0.2, 0) is 12.4 Å². The van der Waals surface area contributed by atoms with Gasteiger partial charge in [0.2, 0.25) is 0 Å². The van der Waals surface area contributed by atoms with Crippen molar-refractivity contribution in [3.8, 4) is 11.1 Å². The first-order valence-electron chi connectivity index (χ1n) is 9.28. The van der Waals surface area contributed by atoms with Crippen LogP contribution >= 0.6 is 24.8 Å². The maximum absolute atomic E-state index is 13.1. The van der Waals surface area contributed by atoms with Crippen LogP contribution in [0.15, 0.2) is 36.7 Å². The number of halogens is 8. The Morgan fingerprint density at radius 3 is 2.00 bits per heavy atom. The number of alkyl halides is 6. The molecule has 1 fully saturated rings. The van der Waals surface area contributed by atoms with Gasteiger partial charge < -0.3 is 10.6 Å². The summed E-state index contributed by atoms with van der Waals surface area (Å²) in [6.45, 7) is 2.15. The molecule has 3 rings (SSSR count). The lowest BCUT2D eigenvalue weighted by atomic mass is 9.98. The van der Waals surface area contributed by atoms with E-state index < -0.39 is 29.4 Å². The third-order valence-corrected chi connectivity index (χ3v) is 4.93. The number of hydrogen-bond acceptors (Lipinski definition) is 3. The normalized spacial score (nSPS) is 14.8. The van der Waals surface area contributed by atoms with E-state index in [2.05, 4.69) is 15.6 Å². The minimum absolute atomic E-state index is 0. The fourth-order valence-corrected chi connectivity index (χ4v) is 3.27. The zero-order valence-corrected chi connectivity index (χ0v) is 18.1. The van der Waals surface area contributed by atoms with E-state index in [1.807, 2.05) is 0 Å². The highest BCUT2D eigenvalue weighted by molar-refractivity contribution is 5.95. The van der Waals surface area contributed by atoms with Crippen LogP contribution in [0.25, 0.3) is 11.1 Å². The number of pyridine rings is 1. The summed E-state index contributed by atoms with van der Waals surface area (Å²) in [5.41, 5.74) is -3.12. The van der Waals surface area contributed by atoms with Gasteiger partial charge in [-0.05, 0) is 61.7 Å². The first-order chi connectivity index (χ1) is 14.0. The van der Waals surface area contributed by atoms with Gasteiger partial charge in [-0.3, -0.25) is 9.78 Å². The van der Waals surface area contributed by atoms with Crippen molar-refractivity contribution in [1.29, 1.82) is 0 Å². The van der Waals surface area contributed by atoms with Crippen LogP contribution in [0.1, 0.15) is 34.3 Å². The zero-order valence-electron chi connectivity index (χ0n) is 16.5. The highest BCUT2D eigenvalue weighted by atomic mass is 35.5. The van der Waals surface area contributed by atoms with E-state index in [9.17, 15) is 31.1 Å². The minimum atomic E-state index is -4.95. The molecule has 32 heavy (non-hydrogen) atoms. The number of nitrogens with one attached hydrogen (secondary N) is 2. The van der Waals surface area contributed by atoms with Gasteiger partial charge in [0.05, 0.1) is 16.7 Å². The molecular weight excluding hydrogens is 483 g/mol. The van der Waals surface area contributed by atoms with E-state index in [0.29, 0.717) is 24.6 Å². The van der Waals surface area contributed by atoms with Gasteiger partial charge in [0.15, 0.2) is 0 Å². The van der Waals surface area contributed by atoms with E-state index in [-0.39, 0.29) is 47.6 Å². The second-order valence-corrected chi connectivity index (χ2v) is 7.16. The highest BCUT2D eigenvalue weighted by Crippen LogP contribution is 2.38. The summed E-state index contributed by atoms with van der Waals surface area (Å²) in [6.07, 6.45) is -5.74. The molecule has 1 aliphatic rings. The van der Waals surface area contributed by atoms with Gasteiger partial charge in [-0.25, -0.2) is 0 Å². The van der Waals surface area contributed by atoms with Crippen LogP contribution in [-0.4, -0.2) is 30.5 Å². The van der Waals surface area contributed by atoms with Crippen molar-refractivity contribution in [2.75, 3.05) is 19.6 Å². The molecule has 1 amide bonds. The van der Waals surface area contributed by atoms with Gasteiger partial charge >= 0.3 is 12.4 Å². The van der Waals surface area contributed by atoms with Gasteiger partial charge in [-0.1, -0.05) is 0 Å². The SMILES string of the molecule is Cl.Cl.O=C(NCC1CCNCC1)c1cncc(-c2cc(C(F)(F)F)cc(C(F)(F)F)c2)c1. The first-order valence-corrected chi connectivity index (χ1v) is 9.28. The highest BCUT2D eigenvalue weighted by Gasteiger charge is 2.37. The number of amides is 1. The van der Waals surface area contributed by atoms with Gasteiger partial charge in [-0.2, -0.15) is 26.3 Å². The predicted molar refractivity (Wildman–Crippen MR) is 112 cm³/mol. The predicted octanol–water partition coefficient (Wildman–Crippen LogP) is 5.36. The quantitative estimate of drug-likeness (QED) is 0.552. The summed E-state index contributed by atoms with van der Waals surface area (Å²) < 4.78 is 78.5. The van der Waals surface area contributed by atoms with Crippen molar-refractivity contribution in [3.05, 3.63) is 53.3 Å². The van der Waals surface area contributed by atoms with E-state index in [1.165, 1.54) is 12.3 Å². The molecule has 2 aromatic rings. The number of benzene rings is 1.